The molecular formula is C29H33Cl2N3O5S. The van der Waals surface area contributed by atoms with Gasteiger partial charge in [0.15, 0.2) is 0 Å². The lowest BCUT2D eigenvalue weighted by Crippen LogP contribution is -2.52. The Bertz CT molecular complexity index is 1420. The van der Waals surface area contributed by atoms with E-state index in [9.17, 15) is 18.0 Å². The molecule has 0 unspecified atom stereocenters. The van der Waals surface area contributed by atoms with Crippen LogP contribution in [0.3, 0.4) is 0 Å². The summed E-state index contributed by atoms with van der Waals surface area (Å²) in [6.07, 6.45) is 0.710. The van der Waals surface area contributed by atoms with Crippen LogP contribution >= 0.6 is 23.2 Å². The second-order valence-corrected chi connectivity index (χ2v) is 12.0. The van der Waals surface area contributed by atoms with Crippen LogP contribution in [-0.4, -0.2) is 50.9 Å². The van der Waals surface area contributed by atoms with E-state index in [1.165, 1.54) is 36.3 Å². The van der Waals surface area contributed by atoms with Gasteiger partial charge >= 0.3 is 0 Å². The molecule has 3 aromatic rings. The minimum atomic E-state index is -4.25. The van der Waals surface area contributed by atoms with Crippen LogP contribution < -0.4 is 14.4 Å². The Balaban J connectivity index is 2.08. The predicted molar refractivity (Wildman–Crippen MR) is 158 cm³/mol. The van der Waals surface area contributed by atoms with Crippen molar-refractivity contribution in [3.8, 4) is 5.75 Å². The quantitative estimate of drug-likeness (QED) is 0.293. The van der Waals surface area contributed by atoms with Gasteiger partial charge in [-0.05, 0) is 68.3 Å². The van der Waals surface area contributed by atoms with Crippen molar-refractivity contribution in [1.82, 2.24) is 10.2 Å². The number of halogens is 2. The second-order valence-electron chi connectivity index (χ2n) is 9.28. The predicted octanol–water partition coefficient (Wildman–Crippen LogP) is 5.53. The Morgan fingerprint density at radius 2 is 1.57 bits per heavy atom. The number of nitrogens with zero attached hydrogens (tertiary/aromatic N) is 2. The Labute approximate surface area is 245 Å². The van der Waals surface area contributed by atoms with Gasteiger partial charge in [0.1, 0.15) is 18.3 Å². The maximum atomic E-state index is 14.0. The van der Waals surface area contributed by atoms with Crippen LogP contribution in [0.1, 0.15) is 32.8 Å². The van der Waals surface area contributed by atoms with E-state index in [1.54, 1.807) is 55.5 Å². The van der Waals surface area contributed by atoms with Gasteiger partial charge in [-0.15, -0.1) is 0 Å². The van der Waals surface area contributed by atoms with Crippen molar-refractivity contribution in [3.63, 3.8) is 0 Å². The zero-order valence-electron chi connectivity index (χ0n) is 22.8. The Hall–Kier alpha value is -3.27. The summed E-state index contributed by atoms with van der Waals surface area (Å²) in [6.45, 7) is 4.87. The monoisotopic (exact) mass is 605 g/mol. The molecule has 0 heterocycles. The molecule has 0 radical (unpaired) electrons. The Morgan fingerprint density at radius 1 is 0.950 bits per heavy atom. The number of rotatable bonds is 12. The van der Waals surface area contributed by atoms with Crippen molar-refractivity contribution in [2.75, 3.05) is 18.0 Å². The summed E-state index contributed by atoms with van der Waals surface area (Å²) < 4.78 is 34.2. The molecule has 0 bridgehead atoms. The third-order valence-corrected chi connectivity index (χ3v) is 8.72. The summed E-state index contributed by atoms with van der Waals surface area (Å²) in [5, 5.41) is 3.69. The SMILES string of the molecule is CC[C@H](C)NC(=O)[C@@H](C)N(Cc1ccc(Cl)cc1)C(=O)CN(c1cc(Cl)ccc1OC)S(=O)(=O)c1ccccc1. The highest BCUT2D eigenvalue weighted by atomic mass is 35.5. The van der Waals surface area contributed by atoms with Crippen molar-refractivity contribution in [2.24, 2.45) is 0 Å². The molecular weight excluding hydrogens is 573 g/mol. The molecule has 0 aliphatic carbocycles. The number of carbonyl (C=O) groups excluding carboxylic acids is 2. The van der Waals surface area contributed by atoms with Crippen LogP contribution in [0.25, 0.3) is 0 Å². The van der Waals surface area contributed by atoms with Crippen molar-refractivity contribution in [3.05, 3.63) is 88.4 Å². The van der Waals surface area contributed by atoms with E-state index in [0.717, 1.165) is 9.87 Å². The number of anilines is 1. The fourth-order valence-corrected chi connectivity index (χ4v) is 5.66. The van der Waals surface area contributed by atoms with E-state index < -0.39 is 28.5 Å². The number of amides is 2. The highest BCUT2D eigenvalue weighted by molar-refractivity contribution is 7.92. The maximum Gasteiger partial charge on any atom is 0.264 e. The van der Waals surface area contributed by atoms with Gasteiger partial charge < -0.3 is 15.0 Å². The number of nitrogens with one attached hydrogen (secondary N) is 1. The molecule has 8 nitrogen and oxygen atoms in total. The first-order valence-electron chi connectivity index (χ1n) is 12.7. The summed E-state index contributed by atoms with van der Waals surface area (Å²) in [6, 6.07) is 18.2. The number of benzene rings is 3. The fraction of sp³-hybridized carbons (Fsp3) is 0.310. The highest BCUT2D eigenvalue weighted by Gasteiger charge is 2.34. The lowest BCUT2D eigenvalue weighted by Gasteiger charge is -2.32. The molecule has 3 aromatic carbocycles. The molecule has 11 heteroatoms. The normalized spacial score (nSPS) is 12.8. The molecule has 3 rings (SSSR count). The van der Waals surface area contributed by atoms with Gasteiger partial charge in [-0.1, -0.05) is 60.5 Å². The number of methoxy groups -OCH3 is 1. The molecule has 0 aromatic heterocycles. The third-order valence-electron chi connectivity index (χ3n) is 6.45. The van der Waals surface area contributed by atoms with Crippen molar-refractivity contribution in [1.29, 1.82) is 0 Å². The molecule has 2 amide bonds. The van der Waals surface area contributed by atoms with Crippen molar-refractivity contribution >= 4 is 50.7 Å². The highest BCUT2D eigenvalue weighted by Crippen LogP contribution is 2.35. The van der Waals surface area contributed by atoms with Gasteiger partial charge in [0, 0.05) is 22.6 Å². The summed E-state index contributed by atoms with van der Waals surface area (Å²) in [7, 11) is -2.85. The van der Waals surface area contributed by atoms with Gasteiger partial charge in [0.25, 0.3) is 10.0 Å². The minimum Gasteiger partial charge on any atom is -0.495 e. The first-order chi connectivity index (χ1) is 19.0. The van der Waals surface area contributed by atoms with E-state index in [0.29, 0.717) is 11.4 Å². The zero-order valence-corrected chi connectivity index (χ0v) is 25.1. The standard InChI is InChI=1S/C29H33Cl2N3O5S/c1-5-20(2)32-29(36)21(3)33(18-22-11-13-23(30)14-12-22)28(35)19-34(26-17-24(31)15-16-27(26)39-4)40(37,38)25-9-7-6-8-10-25/h6-17,20-21H,5,18-19H2,1-4H3,(H,32,36)/t20-,21+/m0/s1. The molecule has 0 aliphatic rings. The van der Waals surface area contributed by atoms with Crippen LogP contribution in [0.15, 0.2) is 77.7 Å². The second kappa shape index (κ2) is 13.9. The summed E-state index contributed by atoms with van der Waals surface area (Å²) in [5.74, 6) is -0.735. The van der Waals surface area contributed by atoms with E-state index in [4.69, 9.17) is 27.9 Å². The Kier molecular flexibility index (Phi) is 10.8. The smallest absolute Gasteiger partial charge is 0.264 e. The number of carbonyl (C=O) groups is 2. The topological polar surface area (TPSA) is 96.0 Å². The maximum absolute atomic E-state index is 14.0. The van der Waals surface area contributed by atoms with E-state index in [1.807, 2.05) is 13.8 Å². The lowest BCUT2D eigenvalue weighted by atomic mass is 10.1. The van der Waals surface area contributed by atoms with E-state index >= 15 is 0 Å². The van der Waals surface area contributed by atoms with Gasteiger partial charge in [0.2, 0.25) is 11.8 Å². The molecule has 0 spiro atoms. The number of hydrogen-bond acceptors (Lipinski definition) is 5. The molecule has 0 saturated heterocycles. The molecule has 214 valence electrons. The van der Waals surface area contributed by atoms with Crippen LogP contribution in [0.5, 0.6) is 5.75 Å². The third kappa shape index (κ3) is 7.68. The molecule has 2 atom stereocenters. The van der Waals surface area contributed by atoms with E-state index in [-0.39, 0.29) is 39.8 Å². The number of hydrogen-bond donors (Lipinski definition) is 1. The Morgan fingerprint density at radius 3 is 2.17 bits per heavy atom. The van der Waals surface area contributed by atoms with Crippen molar-refractivity contribution < 1.29 is 22.7 Å². The molecule has 1 N–H and O–H groups in total. The molecule has 40 heavy (non-hydrogen) atoms. The summed E-state index contributed by atoms with van der Waals surface area (Å²) in [4.78, 5) is 28.5. The van der Waals surface area contributed by atoms with Crippen LogP contribution in [0.2, 0.25) is 10.0 Å². The van der Waals surface area contributed by atoms with Gasteiger partial charge in [-0.2, -0.15) is 0 Å². The first-order valence-corrected chi connectivity index (χ1v) is 14.9. The zero-order chi connectivity index (χ0) is 29.4. The van der Waals surface area contributed by atoms with E-state index in [2.05, 4.69) is 5.32 Å². The number of sulfonamides is 1. The first kappa shape index (κ1) is 31.3. The summed E-state index contributed by atoms with van der Waals surface area (Å²) in [5.41, 5.74) is 0.814. The van der Waals surface area contributed by atoms with Crippen LogP contribution in [-0.2, 0) is 26.2 Å². The molecule has 0 aliphatic heterocycles. The van der Waals surface area contributed by atoms with Crippen LogP contribution in [0.4, 0.5) is 5.69 Å². The molecule has 0 fully saturated rings. The minimum absolute atomic E-state index is 0.0170. The average molecular weight is 607 g/mol. The average Bonchev–Trinajstić information content (AvgIpc) is 2.95. The number of ether oxygens (including phenoxy) is 1. The van der Waals surface area contributed by atoms with Gasteiger partial charge in [-0.3, -0.25) is 13.9 Å². The fourth-order valence-electron chi connectivity index (χ4n) is 3.93. The lowest BCUT2D eigenvalue weighted by molar-refractivity contribution is -0.139. The van der Waals surface area contributed by atoms with Crippen LogP contribution in [0, 0.1) is 0 Å². The van der Waals surface area contributed by atoms with Gasteiger partial charge in [0.05, 0.1) is 17.7 Å². The molecule has 0 saturated carbocycles. The van der Waals surface area contributed by atoms with Crippen molar-refractivity contribution in [2.45, 2.75) is 50.7 Å². The largest absolute Gasteiger partial charge is 0.495 e. The summed E-state index contributed by atoms with van der Waals surface area (Å²) >= 11 is 12.3. The van der Waals surface area contributed by atoms with Gasteiger partial charge in [-0.25, -0.2) is 8.42 Å².